The Morgan fingerprint density at radius 1 is 1.46 bits per heavy atom. The van der Waals surface area contributed by atoms with Crippen molar-refractivity contribution in [3.63, 3.8) is 0 Å². The lowest BCUT2D eigenvalue weighted by Crippen LogP contribution is -2.34. The summed E-state index contributed by atoms with van der Waals surface area (Å²) < 4.78 is 0. The number of carbonyl (C=O) groups excluding carboxylic acids is 1. The Bertz CT molecular complexity index is 187. The van der Waals surface area contributed by atoms with Gasteiger partial charge in [0.25, 0.3) is 0 Å². The van der Waals surface area contributed by atoms with Crippen LogP contribution in [0.2, 0.25) is 0 Å². The first-order valence-electron chi connectivity index (χ1n) is 5.12. The maximum Gasteiger partial charge on any atom is 0.231 e. The number of nitrogens with zero attached hydrogens (tertiary/aromatic N) is 1. The molecule has 0 unspecified atom stereocenters. The fraction of sp³-hybridized carbons (Fsp3) is 0.900. The van der Waals surface area contributed by atoms with E-state index in [4.69, 9.17) is 5.73 Å². The first-order valence-corrected chi connectivity index (χ1v) is 5.12. The Kier molecular flexibility index (Phi) is 3.31. The molecule has 0 aromatic heterocycles. The van der Waals surface area contributed by atoms with Gasteiger partial charge in [0.15, 0.2) is 0 Å². The van der Waals surface area contributed by atoms with Crippen LogP contribution >= 0.6 is 0 Å². The van der Waals surface area contributed by atoms with E-state index in [-0.39, 0.29) is 5.91 Å². The minimum atomic E-state index is -0.206. The lowest BCUT2D eigenvalue weighted by atomic mass is 9.82. The molecule has 0 spiro atoms. The predicted octanol–water partition coefficient (Wildman–Crippen LogP) is 0.984. The molecule has 0 bridgehead atoms. The Morgan fingerprint density at radius 3 is 2.46 bits per heavy atom. The molecular formula is C10H20N2O. The monoisotopic (exact) mass is 184 g/mol. The van der Waals surface area contributed by atoms with Crippen molar-refractivity contribution in [1.29, 1.82) is 0 Å². The maximum absolute atomic E-state index is 10.7. The Morgan fingerprint density at radius 2 is 2.08 bits per heavy atom. The maximum atomic E-state index is 10.7. The lowest BCUT2D eigenvalue weighted by Gasteiger charge is -2.26. The number of primary amides is 1. The molecule has 0 aliphatic carbocycles. The zero-order valence-electron chi connectivity index (χ0n) is 8.68. The largest absolute Gasteiger partial charge is 0.369 e. The van der Waals surface area contributed by atoms with Gasteiger partial charge in [0.1, 0.15) is 0 Å². The predicted molar refractivity (Wildman–Crippen MR) is 53.3 cm³/mol. The molecule has 13 heavy (non-hydrogen) atoms. The van der Waals surface area contributed by atoms with Crippen molar-refractivity contribution in [1.82, 2.24) is 4.90 Å². The summed E-state index contributed by atoms with van der Waals surface area (Å²) in [6.07, 6.45) is 3.63. The van der Waals surface area contributed by atoms with Gasteiger partial charge in [-0.25, -0.2) is 0 Å². The topological polar surface area (TPSA) is 46.3 Å². The summed E-state index contributed by atoms with van der Waals surface area (Å²) in [6.45, 7) is 6.98. The number of hydrogen-bond donors (Lipinski definition) is 1. The van der Waals surface area contributed by atoms with Gasteiger partial charge in [-0.15, -0.1) is 0 Å². The van der Waals surface area contributed by atoms with E-state index in [1.165, 1.54) is 19.3 Å². The van der Waals surface area contributed by atoms with Crippen molar-refractivity contribution >= 4 is 5.91 Å². The van der Waals surface area contributed by atoms with Crippen LogP contribution in [-0.2, 0) is 4.79 Å². The molecule has 0 aromatic carbocycles. The number of nitrogens with two attached hydrogens (primary N) is 1. The van der Waals surface area contributed by atoms with Crippen molar-refractivity contribution in [3.8, 4) is 0 Å². The van der Waals surface area contributed by atoms with Gasteiger partial charge in [-0.1, -0.05) is 13.8 Å². The molecule has 1 heterocycles. The summed E-state index contributed by atoms with van der Waals surface area (Å²) in [7, 11) is 0. The highest BCUT2D eigenvalue weighted by Gasteiger charge is 2.34. The SMILES string of the molecule is CCC1(CC)CCN(CC(N)=O)C1. The van der Waals surface area contributed by atoms with Crippen molar-refractivity contribution in [2.24, 2.45) is 11.1 Å². The highest BCUT2D eigenvalue weighted by Crippen LogP contribution is 2.36. The van der Waals surface area contributed by atoms with E-state index in [1.54, 1.807) is 0 Å². The molecule has 1 amide bonds. The van der Waals surface area contributed by atoms with Crippen molar-refractivity contribution in [3.05, 3.63) is 0 Å². The first-order chi connectivity index (χ1) is 6.12. The molecule has 3 nitrogen and oxygen atoms in total. The minimum absolute atomic E-state index is 0.206. The summed E-state index contributed by atoms with van der Waals surface area (Å²) in [5.74, 6) is -0.206. The molecule has 1 saturated heterocycles. The zero-order valence-corrected chi connectivity index (χ0v) is 8.68. The van der Waals surface area contributed by atoms with E-state index in [9.17, 15) is 4.79 Å². The van der Waals surface area contributed by atoms with E-state index in [2.05, 4.69) is 18.7 Å². The van der Waals surface area contributed by atoms with E-state index in [1.807, 2.05) is 0 Å². The molecule has 76 valence electrons. The van der Waals surface area contributed by atoms with Crippen molar-refractivity contribution in [2.75, 3.05) is 19.6 Å². The molecular weight excluding hydrogens is 164 g/mol. The second-order valence-corrected chi connectivity index (χ2v) is 4.13. The van der Waals surface area contributed by atoms with E-state index >= 15 is 0 Å². The quantitative estimate of drug-likeness (QED) is 0.708. The van der Waals surface area contributed by atoms with Crippen LogP contribution in [-0.4, -0.2) is 30.4 Å². The van der Waals surface area contributed by atoms with Gasteiger partial charge in [-0.2, -0.15) is 0 Å². The molecule has 0 radical (unpaired) electrons. The second-order valence-electron chi connectivity index (χ2n) is 4.13. The van der Waals surface area contributed by atoms with Gasteiger partial charge in [0, 0.05) is 6.54 Å². The van der Waals surface area contributed by atoms with Gasteiger partial charge < -0.3 is 5.73 Å². The second kappa shape index (κ2) is 4.09. The van der Waals surface area contributed by atoms with Crippen LogP contribution in [0.25, 0.3) is 0 Å². The van der Waals surface area contributed by atoms with Gasteiger partial charge >= 0.3 is 0 Å². The van der Waals surface area contributed by atoms with Crippen LogP contribution in [0, 0.1) is 5.41 Å². The average Bonchev–Trinajstić information content (AvgIpc) is 2.48. The normalized spacial score (nSPS) is 22.0. The Balaban J connectivity index is 2.47. The van der Waals surface area contributed by atoms with Gasteiger partial charge in [-0.05, 0) is 31.2 Å². The zero-order chi connectivity index (χ0) is 9.90. The molecule has 1 aliphatic heterocycles. The smallest absolute Gasteiger partial charge is 0.231 e. The number of amides is 1. The standard InChI is InChI=1S/C10H20N2O/c1-3-10(4-2)5-6-12(8-10)7-9(11)13/h3-8H2,1-2H3,(H2,11,13). The summed E-state index contributed by atoms with van der Waals surface area (Å²) >= 11 is 0. The fourth-order valence-electron chi connectivity index (χ4n) is 2.21. The van der Waals surface area contributed by atoms with Crippen LogP contribution in [0.5, 0.6) is 0 Å². The average molecular weight is 184 g/mol. The molecule has 0 aromatic rings. The van der Waals surface area contributed by atoms with Crippen LogP contribution in [0.1, 0.15) is 33.1 Å². The molecule has 0 atom stereocenters. The molecule has 1 aliphatic rings. The molecule has 1 fully saturated rings. The third-order valence-electron chi connectivity index (χ3n) is 3.40. The molecule has 2 N–H and O–H groups in total. The van der Waals surface area contributed by atoms with Crippen molar-refractivity contribution in [2.45, 2.75) is 33.1 Å². The third kappa shape index (κ3) is 2.44. The fourth-order valence-corrected chi connectivity index (χ4v) is 2.21. The first kappa shape index (κ1) is 10.5. The molecule has 0 saturated carbocycles. The lowest BCUT2D eigenvalue weighted by molar-refractivity contribution is -0.119. The van der Waals surface area contributed by atoms with Crippen LogP contribution < -0.4 is 5.73 Å². The van der Waals surface area contributed by atoms with Crippen molar-refractivity contribution < 1.29 is 4.79 Å². The Labute approximate surface area is 80.3 Å². The number of hydrogen-bond acceptors (Lipinski definition) is 2. The minimum Gasteiger partial charge on any atom is -0.369 e. The number of carbonyl (C=O) groups is 1. The molecule has 3 heteroatoms. The summed E-state index contributed by atoms with van der Waals surface area (Å²) in [5, 5.41) is 0. The van der Waals surface area contributed by atoms with Gasteiger partial charge in [-0.3, -0.25) is 9.69 Å². The van der Waals surface area contributed by atoms with E-state index in [0.29, 0.717) is 12.0 Å². The Hall–Kier alpha value is -0.570. The number of likely N-dealkylation sites (tertiary alicyclic amines) is 1. The van der Waals surface area contributed by atoms with Gasteiger partial charge in [0.05, 0.1) is 6.54 Å². The highest BCUT2D eigenvalue weighted by molar-refractivity contribution is 5.75. The highest BCUT2D eigenvalue weighted by atomic mass is 16.1. The summed E-state index contributed by atoms with van der Waals surface area (Å²) in [5.41, 5.74) is 5.62. The molecule has 1 rings (SSSR count). The number of rotatable bonds is 4. The van der Waals surface area contributed by atoms with Crippen LogP contribution in [0.15, 0.2) is 0 Å². The van der Waals surface area contributed by atoms with Crippen LogP contribution in [0.4, 0.5) is 0 Å². The van der Waals surface area contributed by atoms with E-state index < -0.39 is 0 Å². The van der Waals surface area contributed by atoms with Gasteiger partial charge in [0.2, 0.25) is 5.91 Å². The van der Waals surface area contributed by atoms with Crippen LogP contribution in [0.3, 0.4) is 0 Å². The van der Waals surface area contributed by atoms with E-state index in [0.717, 1.165) is 13.1 Å². The third-order valence-corrected chi connectivity index (χ3v) is 3.40. The summed E-state index contributed by atoms with van der Waals surface area (Å²) in [6, 6.07) is 0. The summed E-state index contributed by atoms with van der Waals surface area (Å²) in [4.78, 5) is 12.9.